The second-order valence-corrected chi connectivity index (χ2v) is 8.89. The number of benzene rings is 2. The van der Waals surface area contributed by atoms with Crippen LogP contribution in [0.2, 0.25) is 0 Å². The van der Waals surface area contributed by atoms with Gasteiger partial charge in [0.2, 0.25) is 0 Å². The molecule has 0 bridgehead atoms. The summed E-state index contributed by atoms with van der Waals surface area (Å²) in [4.78, 5) is 2.53. The molecule has 1 N–H and O–H groups in total. The third-order valence-corrected chi connectivity index (χ3v) is 6.45. The van der Waals surface area contributed by atoms with E-state index < -0.39 is 10.0 Å². The SMILES string of the molecule is CCCCCCc1ccc(S(=O)(=O)Nc2ccc(N3CCOCC3)cc2)cc1. The maximum atomic E-state index is 12.7. The van der Waals surface area contributed by atoms with E-state index in [2.05, 4.69) is 16.5 Å². The first kappa shape index (κ1) is 20.7. The normalized spacial score (nSPS) is 14.8. The van der Waals surface area contributed by atoms with Gasteiger partial charge in [0.25, 0.3) is 10.0 Å². The molecule has 2 aromatic rings. The highest BCUT2D eigenvalue weighted by molar-refractivity contribution is 7.92. The number of hydrogen-bond donors (Lipinski definition) is 1. The van der Waals surface area contributed by atoms with E-state index in [9.17, 15) is 8.42 Å². The zero-order valence-corrected chi connectivity index (χ0v) is 17.4. The Morgan fingerprint density at radius 3 is 2.25 bits per heavy atom. The molecule has 1 aliphatic rings. The average molecular weight is 403 g/mol. The summed E-state index contributed by atoms with van der Waals surface area (Å²) in [6.07, 6.45) is 5.83. The van der Waals surface area contributed by atoms with Gasteiger partial charge in [-0.2, -0.15) is 0 Å². The fourth-order valence-electron chi connectivity index (χ4n) is 3.37. The predicted molar refractivity (Wildman–Crippen MR) is 115 cm³/mol. The minimum Gasteiger partial charge on any atom is -0.378 e. The molecule has 0 radical (unpaired) electrons. The molecule has 0 aliphatic carbocycles. The molecule has 1 fully saturated rings. The molecule has 1 heterocycles. The van der Waals surface area contributed by atoms with E-state index >= 15 is 0 Å². The molecule has 0 amide bonds. The number of hydrogen-bond acceptors (Lipinski definition) is 4. The maximum absolute atomic E-state index is 12.7. The van der Waals surface area contributed by atoms with E-state index in [1.165, 1.54) is 24.8 Å². The second-order valence-electron chi connectivity index (χ2n) is 7.21. The molecular formula is C22H30N2O3S. The molecule has 152 valence electrons. The highest BCUT2D eigenvalue weighted by Crippen LogP contribution is 2.22. The van der Waals surface area contributed by atoms with Crippen LogP contribution in [0.15, 0.2) is 53.4 Å². The third-order valence-electron chi connectivity index (χ3n) is 5.05. The first-order valence-corrected chi connectivity index (χ1v) is 11.6. The Morgan fingerprint density at radius 2 is 1.61 bits per heavy atom. The van der Waals surface area contributed by atoms with Gasteiger partial charge in [0, 0.05) is 24.5 Å². The Balaban J connectivity index is 1.59. The summed E-state index contributed by atoms with van der Waals surface area (Å²) in [5.74, 6) is 0. The quantitative estimate of drug-likeness (QED) is 0.630. The molecule has 3 rings (SSSR count). The van der Waals surface area contributed by atoms with Crippen molar-refractivity contribution in [3.63, 3.8) is 0 Å². The summed E-state index contributed by atoms with van der Waals surface area (Å²) < 4.78 is 33.4. The van der Waals surface area contributed by atoms with Crippen molar-refractivity contribution in [2.75, 3.05) is 35.9 Å². The average Bonchev–Trinajstić information content (AvgIpc) is 2.72. The number of nitrogens with zero attached hydrogens (tertiary/aromatic N) is 1. The topological polar surface area (TPSA) is 58.6 Å². The molecule has 0 spiro atoms. The molecule has 28 heavy (non-hydrogen) atoms. The van der Waals surface area contributed by atoms with Gasteiger partial charge in [-0.15, -0.1) is 0 Å². The van der Waals surface area contributed by atoms with Crippen molar-refractivity contribution in [1.29, 1.82) is 0 Å². The Hall–Kier alpha value is -2.05. The number of ether oxygens (including phenoxy) is 1. The van der Waals surface area contributed by atoms with Crippen LogP contribution in [0.1, 0.15) is 38.2 Å². The Labute approximate surface area is 168 Å². The second kappa shape index (κ2) is 9.94. The lowest BCUT2D eigenvalue weighted by Gasteiger charge is -2.28. The van der Waals surface area contributed by atoms with Gasteiger partial charge in [-0.25, -0.2) is 8.42 Å². The highest BCUT2D eigenvalue weighted by Gasteiger charge is 2.15. The molecule has 0 saturated carbocycles. The summed E-state index contributed by atoms with van der Waals surface area (Å²) in [5.41, 5.74) is 2.84. The van der Waals surface area contributed by atoms with Gasteiger partial charge in [0.15, 0.2) is 0 Å². The van der Waals surface area contributed by atoms with Crippen LogP contribution in [0.5, 0.6) is 0 Å². The van der Waals surface area contributed by atoms with Crippen LogP contribution < -0.4 is 9.62 Å². The molecule has 0 unspecified atom stereocenters. The summed E-state index contributed by atoms with van der Waals surface area (Å²) >= 11 is 0. The number of nitrogens with one attached hydrogen (secondary N) is 1. The molecule has 1 saturated heterocycles. The first-order valence-electron chi connectivity index (χ1n) is 10.1. The molecule has 1 aliphatic heterocycles. The van der Waals surface area contributed by atoms with Crippen molar-refractivity contribution < 1.29 is 13.2 Å². The zero-order valence-electron chi connectivity index (χ0n) is 16.6. The largest absolute Gasteiger partial charge is 0.378 e. The van der Waals surface area contributed by atoms with Crippen molar-refractivity contribution in [2.45, 2.75) is 43.9 Å². The number of sulfonamides is 1. The lowest BCUT2D eigenvalue weighted by molar-refractivity contribution is 0.122. The van der Waals surface area contributed by atoms with E-state index in [0.29, 0.717) is 10.6 Å². The monoisotopic (exact) mass is 402 g/mol. The van der Waals surface area contributed by atoms with E-state index in [1.807, 2.05) is 36.4 Å². The van der Waals surface area contributed by atoms with Crippen molar-refractivity contribution >= 4 is 21.4 Å². The van der Waals surface area contributed by atoms with Crippen molar-refractivity contribution in [1.82, 2.24) is 0 Å². The van der Waals surface area contributed by atoms with Gasteiger partial charge in [0.05, 0.1) is 18.1 Å². The smallest absolute Gasteiger partial charge is 0.261 e. The van der Waals surface area contributed by atoms with Crippen LogP contribution in [-0.2, 0) is 21.2 Å². The Morgan fingerprint density at radius 1 is 0.929 bits per heavy atom. The standard InChI is InChI=1S/C22H30N2O3S/c1-2-3-4-5-6-19-7-13-22(14-8-19)28(25,26)23-20-9-11-21(12-10-20)24-15-17-27-18-16-24/h7-14,23H,2-6,15-18H2,1H3. The van der Waals surface area contributed by atoms with E-state index in [0.717, 1.165) is 44.8 Å². The minimum absolute atomic E-state index is 0.294. The molecule has 2 aromatic carbocycles. The van der Waals surface area contributed by atoms with Gasteiger partial charge in [-0.05, 0) is 54.8 Å². The first-order chi connectivity index (χ1) is 13.6. The minimum atomic E-state index is -3.58. The van der Waals surface area contributed by atoms with Crippen LogP contribution in [0.4, 0.5) is 11.4 Å². The van der Waals surface area contributed by atoms with E-state index in [1.54, 1.807) is 12.1 Å². The number of anilines is 2. The van der Waals surface area contributed by atoms with E-state index in [-0.39, 0.29) is 0 Å². The summed E-state index contributed by atoms with van der Waals surface area (Å²) in [6.45, 7) is 5.36. The zero-order chi connectivity index (χ0) is 19.8. The van der Waals surface area contributed by atoms with Gasteiger partial charge in [0.1, 0.15) is 0 Å². The molecule has 5 nitrogen and oxygen atoms in total. The maximum Gasteiger partial charge on any atom is 0.261 e. The van der Waals surface area contributed by atoms with Crippen molar-refractivity contribution in [3.8, 4) is 0 Å². The van der Waals surface area contributed by atoms with Crippen LogP contribution >= 0.6 is 0 Å². The summed E-state index contributed by atoms with van der Waals surface area (Å²) in [7, 11) is -3.58. The lowest BCUT2D eigenvalue weighted by atomic mass is 10.1. The lowest BCUT2D eigenvalue weighted by Crippen LogP contribution is -2.36. The predicted octanol–water partition coefficient (Wildman–Crippen LogP) is 4.45. The highest BCUT2D eigenvalue weighted by atomic mass is 32.2. The van der Waals surface area contributed by atoms with Crippen LogP contribution in [0.25, 0.3) is 0 Å². The Kier molecular flexibility index (Phi) is 7.34. The van der Waals surface area contributed by atoms with Crippen molar-refractivity contribution in [2.24, 2.45) is 0 Å². The van der Waals surface area contributed by atoms with Gasteiger partial charge in [-0.3, -0.25) is 4.72 Å². The molecular weight excluding hydrogens is 372 g/mol. The van der Waals surface area contributed by atoms with Crippen LogP contribution in [0, 0.1) is 0 Å². The molecule has 0 aromatic heterocycles. The van der Waals surface area contributed by atoms with Gasteiger partial charge >= 0.3 is 0 Å². The van der Waals surface area contributed by atoms with Crippen LogP contribution in [-0.4, -0.2) is 34.7 Å². The van der Waals surface area contributed by atoms with Crippen LogP contribution in [0.3, 0.4) is 0 Å². The Bertz CT molecular complexity index is 827. The molecule has 0 atom stereocenters. The number of aryl methyl sites for hydroxylation is 1. The fraction of sp³-hybridized carbons (Fsp3) is 0.455. The van der Waals surface area contributed by atoms with Gasteiger partial charge in [-0.1, -0.05) is 38.3 Å². The summed E-state index contributed by atoms with van der Waals surface area (Å²) in [5, 5.41) is 0. The molecule has 6 heteroatoms. The van der Waals surface area contributed by atoms with E-state index in [4.69, 9.17) is 4.74 Å². The fourth-order valence-corrected chi connectivity index (χ4v) is 4.43. The van der Waals surface area contributed by atoms with Crippen molar-refractivity contribution in [3.05, 3.63) is 54.1 Å². The number of unbranched alkanes of at least 4 members (excludes halogenated alkanes) is 3. The van der Waals surface area contributed by atoms with Gasteiger partial charge < -0.3 is 9.64 Å². The number of rotatable bonds is 9. The number of morpholine rings is 1. The third kappa shape index (κ3) is 5.72. The summed E-state index contributed by atoms with van der Waals surface area (Å²) in [6, 6.07) is 14.7.